The molecule has 2 aliphatic rings. The number of rotatable bonds is 4. The summed E-state index contributed by atoms with van der Waals surface area (Å²) in [6.07, 6.45) is 1.27. The molecule has 2 atom stereocenters. The molecule has 0 radical (unpaired) electrons. The maximum absolute atomic E-state index is 6.49. The third-order valence-corrected chi connectivity index (χ3v) is 5.44. The fourth-order valence-electron chi connectivity index (χ4n) is 4.44. The van der Waals surface area contributed by atoms with Gasteiger partial charge in [-0.1, -0.05) is 53.6 Å². The van der Waals surface area contributed by atoms with Crippen LogP contribution in [-0.4, -0.2) is 37.2 Å². The van der Waals surface area contributed by atoms with Gasteiger partial charge in [0.2, 0.25) is 0 Å². The van der Waals surface area contributed by atoms with Crippen LogP contribution in [0.2, 0.25) is 0 Å². The molecule has 1 N–H and O–H groups in total. The highest BCUT2D eigenvalue weighted by Crippen LogP contribution is 2.38. The number of ether oxygens (including phenoxy) is 1. The van der Waals surface area contributed by atoms with Crippen molar-refractivity contribution in [1.29, 1.82) is 0 Å². The Kier molecular flexibility index (Phi) is 4.89. The van der Waals surface area contributed by atoms with Crippen LogP contribution in [0.1, 0.15) is 33.9 Å². The van der Waals surface area contributed by atoms with Gasteiger partial charge < -0.3 is 10.1 Å². The van der Waals surface area contributed by atoms with Crippen molar-refractivity contribution in [2.75, 3.05) is 26.2 Å². The van der Waals surface area contributed by atoms with E-state index in [0.717, 1.165) is 32.6 Å². The highest BCUT2D eigenvalue weighted by molar-refractivity contribution is 5.37. The Morgan fingerprint density at radius 3 is 2.52 bits per heavy atom. The van der Waals surface area contributed by atoms with Crippen LogP contribution in [-0.2, 0) is 17.8 Å². The summed E-state index contributed by atoms with van der Waals surface area (Å²) in [5, 5.41) is 3.46. The number of nitrogens with zero attached hydrogens (tertiary/aromatic N) is 1. The molecule has 25 heavy (non-hydrogen) atoms. The third kappa shape index (κ3) is 3.64. The van der Waals surface area contributed by atoms with Crippen LogP contribution in [0.15, 0.2) is 42.5 Å². The zero-order valence-electron chi connectivity index (χ0n) is 15.3. The molecule has 3 heteroatoms. The molecule has 1 aliphatic carbocycles. The number of hydrogen-bond donors (Lipinski definition) is 1. The average Bonchev–Trinajstić information content (AvgIpc) is 2.98. The molecular weight excluding hydrogens is 308 g/mol. The average molecular weight is 336 g/mol. The van der Waals surface area contributed by atoms with Gasteiger partial charge in [0.15, 0.2) is 0 Å². The molecule has 132 valence electrons. The van der Waals surface area contributed by atoms with Crippen molar-refractivity contribution in [3.05, 3.63) is 70.3 Å². The number of nitrogens with one attached hydrogen (secondary N) is 1. The van der Waals surface area contributed by atoms with Gasteiger partial charge in [0, 0.05) is 32.6 Å². The van der Waals surface area contributed by atoms with Gasteiger partial charge in [0.05, 0.1) is 18.8 Å². The van der Waals surface area contributed by atoms with E-state index < -0.39 is 0 Å². The molecule has 0 bridgehead atoms. The van der Waals surface area contributed by atoms with Gasteiger partial charge in [-0.3, -0.25) is 4.90 Å². The van der Waals surface area contributed by atoms with Gasteiger partial charge in [-0.2, -0.15) is 0 Å². The number of fused-ring (bicyclic) bond motifs is 1. The topological polar surface area (TPSA) is 24.5 Å². The van der Waals surface area contributed by atoms with E-state index >= 15 is 0 Å². The minimum Gasteiger partial charge on any atom is -0.371 e. The second-order valence-corrected chi connectivity index (χ2v) is 7.48. The van der Waals surface area contributed by atoms with Crippen LogP contribution in [0, 0.1) is 13.8 Å². The SMILES string of the molecule is Cc1cc(C)cc(COC2Cc3ccccc3C2N2CCNCC2)c1. The summed E-state index contributed by atoms with van der Waals surface area (Å²) in [4.78, 5) is 2.61. The summed E-state index contributed by atoms with van der Waals surface area (Å²) in [7, 11) is 0. The molecule has 0 aromatic heterocycles. The lowest BCUT2D eigenvalue weighted by molar-refractivity contribution is -0.0188. The quantitative estimate of drug-likeness (QED) is 0.926. The molecule has 1 fully saturated rings. The van der Waals surface area contributed by atoms with E-state index in [1.165, 1.54) is 27.8 Å². The monoisotopic (exact) mass is 336 g/mol. The van der Waals surface area contributed by atoms with Crippen LogP contribution >= 0.6 is 0 Å². The summed E-state index contributed by atoms with van der Waals surface area (Å²) >= 11 is 0. The fraction of sp³-hybridized carbons (Fsp3) is 0.455. The van der Waals surface area contributed by atoms with Crippen LogP contribution < -0.4 is 5.32 Å². The van der Waals surface area contributed by atoms with Crippen molar-refractivity contribution in [2.45, 2.75) is 39.0 Å². The first-order chi connectivity index (χ1) is 12.2. The van der Waals surface area contributed by atoms with Gasteiger partial charge in [-0.25, -0.2) is 0 Å². The fourth-order valence-corrected chi connectivity index (χ4v) is 4.44. The Hall–Kier alpha value is -1.68. The summed E-state index contributed by atoms with van der Waals surface area (Å²) in [6.45, 7) is 9.36. The smallest absolute Gasteiger partial charge is 0.0816 e. The number of aryl methyl sites for hydroxylation is 2. The molecule has 0 spiro atoms. The lowest BCUT2D eigenvalue weighted by atomic mass is 10.1. The Morgan fingerprint density at radius 1 is 1.04 bits per heavy atom. The van der Waals surface area contributed by atoms with Crippen molar-refractivity contribution in [2.24, 2.45) is 0 Å². The molecule has 3 nitrogen and oxygen atoms in total. The number of piperazine rings is 1. The molecule has 1 saturated heterocycles. The first-order valence-electron chi connectivity index (χ1n) is 9.42. The lowest BCUT2D eigenvalue weighted by Gasteiger charge is -2.36. The van der Waals surface area contributed by atoms with Crippen molar-refractivity contribution in [1.82, 2.24) is 10.2 Å². The summed E-state index contributed by atoms with van der Waals surface area (Å²) in [5.41, 5.74) is 6.83. The number of hydrogen-bond acceptors (Lipinski definition) is 3. The van der Waals surface area contributed by atoms with E-state index in [9.17, 15) is 0 Å². The van der Waals surface area contributed by atoms with Crippen LogP contribution in [0.3, 0.4) is 0 Å². The van der Waals surface area contributed by atoms with E-state index in [2.05, 4.69) is 66.5 Å². The molecular formula is C22H28N2O. The predicted octanol–water partition coefficient (Wildman–Crippen LogP) is 3.39. The third-order valence-electron chi connectivity index (χ3n) is 5.44. The molecule has 2 unspecified atom stereocenters. The Morgan fingerprint density at radius 2 is 1.76 bits per heavy atom. The van der Waals surface area contributed by atoms with Crippen LogP contribution in [0.25, 0.3) is 0 Å². The largest absolute Gasteiger partial charge is 0.371 e. The van der Waals surface area contributed by atoms with E-state index in [0.29, 0.717) is 12.6 Å². The first kappa shape index (κ1) is 16.8. The molecule has 1 heterocycles. The molecule has 0 saturated carbocycles. The molecule has 4 rings (SSSR count). The van der Waals surface area contributed by atoms with Crippen molar-refractivity contribution in [3.8, 4) is 0 Å². The predicted molar refractivity (Wildman–Crippen MR) is 102 cm³/mol. The van der Waals surface area contributed by atoms with Gasteiger partial charge >= 0.3 is 0 Å². The van der Waals surface area contributed by atoms with Gasteiger partial charge in [-0.05, 0) is 30.5 Å². The Balaban J connectivity index is 1.53. The Labute approximate surface area is 151 Å². The maximum Gasteiger partial charge on any atom is 0.0816 e. The van der Waals surface area contributed by atoms with E-state index in [-0.39, 0.29) is 6.10 Å². The zero-order chi connectivity index (χ0) is 17.2. The lowest BCUT2D eigenvalue weighted by Crippen LogP contribution is -2.47. The standard InChI is InChI=1S/C22H28N2O/c1-16-11-17(2)13-18(12-16)15-25-21-14-19-5-3-4-6-20(19)22(21)24-9-7-23-8-10-24/h3-6,11-13,21-23H,7-10,14-15H2,1-2H3. The minimum absolute atomic E-state index is 0.247. The van der Waals surface area contributed by atoms with Crippen molar-refractivity contribution in [3.63, 3.8) is 0 Å². The van der Waals surface area contributed by atoms with Gasteiger partial charge in [0.25, 0.3) is 0 Å². The van der Waals surface area contributed by atoms with Crippen molar-refractivity contribution < 1.29 is 4.74 Å². The molecule has 0 amide bonds. The minimum atomic E-state index is 0.247. The summed E-state index contributed by atoms with van der Waals surface area (Å²) in [5.74, 6) is 0. The van der Waals surface area contributed by atoms with Gasteiger partial charge in [-0.15, -0.1) is 0 Å². The van der Waals surface area contributed by atoms with Crippen molar-refractivity contribution >= 4 is 0 Å². The first-order valence-corrected chi connectivity index (χ1v) is 9.42. The highest BCUT2D eigenvalue weighted by Gasteiger charge is 2.37. The number of benzene rings is 2. The van der Waals surface area contributed by atoms with E-state index in [1.807, 2.05) is 0 Å². The molecule has 2 aromatic carbocycles. The van der Waals surface area contributed by atoms with Gasteiger partial charge in [0.1, 0.15) is 0 Å². The summed E-state index contributed by atoms with van der Waals surface area (Å²) in [6, 6.07) is 16.0. The van der Waals surface area contributed by atoms with E-state index in [4.69, 9.17) is 4.74 Å². The normalized spacial score (nSPS) is 23.6. The van der Waals surface area contributed by atoms with Crippen LogP contribution in [0.5, 0.6) is 0 Å². The Bertz CT molecular complexity index is 716. The second-order valence-electron chi connectivity index (χ2n) is 7.48. The molecule has 1 aliphatic heterocycles. The highest BCUT2D eigenvalue weighted by atomic mass is 16.5. The second kappa shape index (κ2) is 7.28. The summed E-state index contributed by atoms with van der Waals surface area (Å²) < 4.78 is 6.49. The van der Waals surface area contributed by atoms with E-state index in [1.54, 1.807) is 0 Å². The van der Waals surface area contributed by atoms with Crippen LogP contribution in [0.4, 0.5) is 0 Å². The zero-order valence-corrected chi connectivity index (χ0v) is 15.3. The maximum atomic E-state index is 6.49. The molecule has 2 aromatic rings.